The maximum absolute atomic E-state index is 11.8. The van der Waals surface area contributed by atoms with Crippen molar-refractivity contribution in [1.29, 1.82) is 0 Å². The van der Waals surface area contributed by atoms with Crippen LogP contribution in [0.25, 0.3) is 0 Å². The van der Waals surface area contributed by atoms with Crippen molar-refractivity contribution in [2.45, 2.75) is 25.0 Å². The van der Waals surface area contributed by atoms with Crippen LogP contribution in [0.3, 0.4) is 0 Å². The molecule has 0 atom stereocenters. The van der Waals surface area contributed by atoms with Crippen molar-refractivity contribution in [3.63, 3.8) is 0 Å². The topological polar surface area (TPSA) is 87.7 Å². The van der Waals surface area contributed by atoms with Crippen LogP contribution in [0.15, 0.2) is 22.7 Å². The summed E-state index contributed by atoms with van der Waals surface area (Å²) < 4.78 is 5.72. The third-order valence-corrected chi connectivity index (χ3v) is 3.62. The second-order valence-electron chi connectivity index (χ2n) is 4.66. The molecule has 1 saturated carbocycles. The van der Waals surface area contributed by atoms with E-state index in [1.807, 2.05) is 0 Å². The monoisotopic (exact) mass is 342 g/mol. The van der Waals surface area contributed by atoms with E-state index in [0.29, 0.717) is 10.2 Å². The van der Waals surface area contributed by atoms with Crippen molar-refractivity contribution in [1.82, 2.24) is 5.32 Å². The molecule has 0 bridgehead atoms. The number of urea groups is 1. The van der Waals surface area contributed by atoms with Crippen molar-refractivity contribution in [2.24, 2.45) is 0 Å². The van der Waals surface area contributed by atoms with Gasteiger partial charge in [-0.05, 0) is 31.0 Å². The normalized spacial score (nSPS) is 20.9. The van der Waals surface area contributed by atoms with Gasteiger partial charge in [0.1, 0.15) is 0 Å². The van der Waals surface area contributed by atoms with E-state index in [9.17, 15) is 9.59 Å². The molecule has 108 valence electrons. The van der Waals surface area contributed by atoms with E-state index in [2.05, 4.69) is 26.6 Å². The largest absolute Gasteiger partial charge is 0.478 e. The summed E-state index contributed by atoms with van der Waals surface area (Å²) in [6, 6.07) is 4.28. The molecule has 1 aromatic rings. The Bertz CT molecular complexity index is 529. The van der Waals surface area contributed by atoms with E-state index in [1.54, 1.807) is 13.2 Å². The first kappa shape index (κ1) is 14.8. The van der Waals surface area contributed by atoms with Crippen LogP contribution in [0.4, 0.5) is 10.5 Å². The summed E-state index contributed by atoms with van der Waals surface area (Å²) in [6.07, 6.45) is 1.80. The third kappa shape index (κ3) is 3.71. The van der Waals surface area contributed by atoms with Crippen LogP contribution in [-0.2, 0) is 4.74 Å². The van der Waals surface area contributed by atoms with Gasteiger partial charge in [-0.1, -0.05) is 15.9 Å². The van der Waals surface area contributed by atoms with E-state index < -0.39 is 5.97 Å². The van der Waals surface area contributed by atoms with E-state index in [4.69, 9.17) is 9.84 Å². The molecule has 0 saturated heterocycles. The summed E-state index contributed by atoms with van der Waals surface area (Å²) in [4.78, 5) is 22.7. The second-order valence-corrected chi connectivity index (χ2v) is 5.57. The van der Waals surface area contributed by atoms with Gasteiger partial charge in [0.05, 0.1) is 11.7 Å². The number of carboxylic acids is 1. The number of hydrogen-bond acceptors (Lipinski definition) is 3. The van der Waals surface area contributed by atoms with Gasteiger partial charge in [0.15, 0.2) is 0 Å². The number of rotatable bonds is 4. The first-order valence-corrected chi connectivity index (χ1v) is 6.91. The van der Waals surface area contributed by atoms with Gasteiger partial charge in [0, 0.05) is 23.3 Å². The lowest BCUT2D eigenvalue weighted by Crippen LogP contribution is -2.48. The van der Waals surface area contributed by atoms with Gasteiger partial charge in [0.25, 0.3) is 0 Å². The Morgan fingerprint density at radius 1 is 1.35 bits per heavy atom. The number of anilines is 1. The summed E-state index contributed by atoms with van der Waals surface area (Å²) in [5, 5.41) is 14.4. The number of carboxylic acid groups (broad SMARTS) is 1. The lowest BCUT2D eigenvalue weighted by atomic mass is 9.89. The van der Waals surface area contributed by atoms with E-state index in [-0.39, 0.29) is 23.7 Å². The molecular formula is C13H15BrN2O4. The number of hydrogen-bond donors (Lipinski definition) is 3. The molecule has 1 fully saturated rings. The van der Waals surface area contributed by atoms with Crippen molar-refractivity contribution in [3.05, 3.63) is 28.2 Å². The van der Waals surface area contributed by atoms with E-state index in [0.717, 1.165) is 12.8 Å². The maximum atomic E-state index is 11.8. The molecule has 6 nitrogen and oxygen atoms in total. The first-order valence-electron chi connectivity index (χ1n) is 6.12. The van der Waals surface area contributed by atoms with Crippen LogP contribution < -0.4 is 10.6 Å². The summed E-state index contributed by atoms with van der Waals surface area (Å²) in [5.41, 5.74) is 0.537. The number of amides is 2. The third-order valence-electron chi connectivity index (χ3n) is 3.17. The van der Waals surface area contributed by atoms with Crippen molar-refractivity contribution in [2.75, 3.05) is 12.4 Å². The predicted molar refractivity (Wildman–Crippen MR) is 77.1 cm³/mol. The summed E-state index contributed by atoms with van der Waals surface area (Å²) in [5.74, 6) is -1.04. The Morgan fingerprint density at radius 2 is 2.05 bits per heavy atom. The molecule has 0 heterocycles. The molecule has 7 heteroatoms. The van der Waals surface area contributed by atoms with Gasteiger partial charge in [-0.2, -0.15) is 0 Å². The molecule has 0 spiro atoms. The minimum Gasteiger partial charge on any atom is -0.478 e. The number of aromatic carboxylic acids is 1. The van der Waals surface area contributed by atoms with Crippen LogP contribution in [0.1, 0.15) is 23.2 Å². The number of methoxy groups -OCH3 is 1. The number of carbonyl (C=O) groups is 2. The zero-order valence-corrected chi connectivity index (χ0v) is 12.4. The smallest absolute Gasteiger partial charge is 0.335 e. The van der Waals surface area contributed by atoms with Gasteiger partial charge in [0.2, 0.25) is 0 Å². The zero-order chi connectivity index (χ0) is 14.7. The highest BCUT2D eigenvalue weighted by Gasteiger charge is 2.30. The van der Waals surface area contributed by atoms with Crippen LogP contribution >= 0.6 is 15.9 Å². The summed E-state index contributed by atoms with van der Waals surface area (Å²) in [6.45, 7) is 0. The van der Waals surface area contributed by atoms with Gasteiger partial charge in [-0.15, -0.1) is 0 Å². The average molecular weight is 343 g/mol. The molecule has 2 rings (SSSR count). The van der Waals surface area contributed by atoms with Crippen LogP contribution in [0.5, 0.6) is 0 Å². The molecule has 1 aromatic carbocycles. The molecule has 3 N–H and O–H groups in total. The molecule has 2 amide bonds. The highest BCUT2D eigenvalue weighted by atomic mass is 79.9. The number of carbonyl (C=O) groups excluding carboxylic acids is 1. The Hall–Kier alpha value is -1.60. The molecule has 1 aliphatic rings. The summed E-state index contributed by atoms with van der Waals surface area (Å²) in [7, 11) is 1.65. The lowest BCUT2D eigenvalue weighted by molar-refractivity contribution is 0.0210. The van der Waals surface area contributed by atoms with Crippen molar-refractivity contribution >= 4 is 33.6 Å². The van der Waals surface area contributed by atoms with E-state index >= 15 is 0 Å². The van der Waals surface area contributed by atoms with Gasteiger partial charge in [-0.3, -0.25) is 0 Å². The molecule has 0 aliphatic heterocycles. The van der Waals surface area contributed by atoms with Gasteiger partial charge >= 0.3 is 12.0 Å². The number of halogens is 1. The Labute approximate surface area is 124 Å². The molecule has 0 unspecified atom stereocenters. The highest BCUT2D eigenvalue weighted by Crippen LogP contribution is 2.23. The zero-order valence-electron chi connectivity index (χ0n) is 10.9. The summed E-state index contributed by atoms with van der Waals surface area (Å²) >= 11 is 3.21. The SMILES string of the molecule is COC1CC(NC(=O)Nc2cc(Br)cc(C(=O)O)c2)C1. The number of benzene rings is 1. The number of ether oxygens (including phenoxy) is 1. The molecule has 0 aromatic heterocycles. The van der Waals surface area contributed by atoms with Crippen LogP contribution in [-0.4, -0.2) is 36.4 Å². The minimum atomic E-state index is -1.04. The van der Waals surface area contributed by atoms with Crippen LogP contribution in [0, 0.1) is 0 Å². The highest BCUT2D eigenvalue weighted by molar-refractivity contribution is 9.10. The molecule has 20 heavy (non-hydrogen) atoms. The predicted octanol–water partition coefficient (Wildman–Crippen LogP) is 2.45. The Morgan fingerprint density at radius 3 is 2.65 bits per heavy atom. The molecular weight excluding hydrogens is 328 g/mol. The standard InChI is InChI=1S/C13H15BrN2O4/c1-20-11-5-10(6-11)16-13(19)15-9-3-7(12(17)18)2-8(14)4-9/h2-4,10-11H,5-6H2,1H3,(H,17,18)(H2,15,16,19). The fourth-order valence-electron chi connectivity index (χ4n) is 2.01. The Kier molecular flexibility index (Phi) is 4.61. The molecule has 0 radical (unpaired) electrons. The van der Waals surface area contributed by atoms with Gasteiger partial charge < -0.3 is 20.5 Å². The van der Waals surface area contributed by atoms with Gasteiger partial charge in [-0.25, -0.2) is 9.59 Å². The maximum Gasteiger partial charge on any atom is 0.335 e. The van der Waals surface area contributed by atoms with E-state index in [1.165, 1.54) is 12.1 Å². The van der Waals surface area contributed by atoms with Crippen LogP contribution in [0.2, 0.25) is 0 Å². The number of nitrogens with one attached hydrogen (secondary N) is 2. The average Bonchev–Trinajstić information content (AvgIpc) is 2.32. The quantitative estimate of drug-likeness (QED) is 0.784. The first-order chi connectivity index (χ1) is 9.47. The second kappa shape index (κ2) is 6.23. The minimum absolute atomic E-state index is 0.103. The van der Waals surface area contributed by atoms with Crippen molar-refractivity contribution in [3.8, 4) is 0 Å². The van der Waals surface area contributed by atoms with Crippen molar-refractivity contribution < 1.29 is 19.4 Å². The lowest BCUT2D eigenvalue weighted by Gasteiger charge is -2.34. The fraction of sp³-hybridized carbons (Fsp3) is 0.385. The Balaban J connectivity index is 1.92. The molecule has 1 aliphatic carbocycles. The fourth-order valence-corrected chi connectivity index (χ4v) is 2.51.